The predicted molar refractivity (Wildman–Crippen MR) is 75.5 cm³/mol. The van der Waals surface area contributed by atoms with Crippen LogP contribution in [0.15, 0.2) is 18.2 Å². The van der Waals surface area contributed by atoms with Gasteiger partial charge in [-0.15, -0.1) is 0 Å². The first-order valence-corrected chi connectivity index (χ1v) is 6.21. The second-order valence-electron chi connectivity index (χ2n) is 5.09. The second kappa shape index (κ2) is 6.50. The lowest BCUT2D eigenvalue weighted by atomic mass is 10.0. The van der Waals surface area contributed by atoms with Crippen molar-refractivity contribution >= 4 is 5.69 Å². The number of rotatable bonds is 7. The van der Waals surface area contributed by atoms with Gasteiger partial charge in [0.15, 0.2) is 11.5 Å². The van der Waals surface area contributed by atoms with Crippen molar-refractivity contribution in [3.8, 4) is 11.5 Å². The molecule has 0 fully saturated rings. The Morgan fingerprint density at radius 3 is 2.39 bits per heavy atom. The Kier molecular flexibility index (Phi) is 5.28. The van der Waals surface area contributed by atoms with E-state index in [1.807, 2.05) is 32.0 Å². The monoisotopic (exact) mass is 252 g/mol. The van der Waals surface area contributed by atoms with Crippen molar-refractivity contribution in [2.75, 3.05) is 26.1 Å². The highest BCUT2D eigenvalue weighted by molar-refractivity contribution is 5.54. The van der Waals surface area contributed by atoms with Crippen LogP contribution in [0.1, 0.15) is 26.7 Å². The molecule has 0 radical (unpaired) electrons. The summed E-state index contributed by atoms with van der Waals surface area (Å²) in [6.07, 6.45) is 2.03. The highest BCUT2D eigenvalue weighted by atomic mass is 16.5. The summed E-state index contributed by atoms with van der Waals surface area (Å²) in [5.74, 6) is 1.48. The molecule has 1 rings (SSSR count). The smallest absolute Gasteiger partial charge is 0.162 e. The lowest BCUT2D eigenvalue weighted by Crippen LogP contribution is -2.32. The van der Waals surface area contributed by atoms with Crippen molar-refractivity contribution in [2.45, 2.75) is 32.2 Å². The summed E-state index contributed by atoms with van der Waals surface area (Å²) >= 11 is 0. The van der Waals surface area contributed by atoms with Gasteiger partial charge in [0.05, 0.1) is 14.2 Å². The van der Waals surface area contributed by atoms with E-state index in [1.54, 1.807) is 14.2 Å². The van der Waals surface area contributed by atoms with E-state index >= 15 is 0 Å². The van der Waals surface area contributed by atoms with Crippen LogP contribution in [0.5, 0.6) is 11.5 Å². The quantitative estimate of drug-likeness (QED) is 0.732. The fourth-order valence-corrected chi connectivity index (χ4v) is 1.72. The van der Waals surface area contributed by atoms with E-state index in [0.29, 0.717) is 0 Å². The minimum Gasteiger partial charge on any atom is -0.493 e. The molecule has 1 aromatic carbocycles. The summed E-state index contributed by atoms with van der Waals surface area (Å²) in [6, 6.07) is 5.81. The first kappa shape index (κ1) is 14.6. The maximum atomic E-state index is 5.93. The molecule has 0 unspecified atom stereocenters. The standard InChI is InChI=1S/C14H24N2O2/c1-14(2,15)8-5-9-16-11-6-7-12(17-3)13(10-11)18-4/h6-7,10,16H,5,8-9,15H2,1-4H3. The van der Waals surface area contributed by atoms with Gasteiger partial charge in [-0.3, -0.25) is 0 Å². The van der Waals surface area contributed by atoms with Crippen molar-refractivity contribution in [1.82, 2.24) is 0 Å². The molecule has 0 bridgehead atoms. The van der Waals surface area contributed by atoms with Crippen LogP contribution in [-0.4, -0.2) is 26.3 Å². The number of hydrogen-bond donors (Lipinski definition) is 2. The van der Waals surface area contributed by atoms with Crippen LogP contribution >= 0.6 is 0 Å². The molecule has 0 saturated carbocycles. The van der Waals surface area contributed by atoms with E-state index in [1.165, 1.54) is 0 Å². The zero-order valence-corrected chi connectivity index (χ0v) is 11.7. The maximum Gasteiger partial charge on any atom is 0.162 e. The molecule has 0 heterocycles. The fourth-order valence-electron chi connectivity index (χ4n) is 1.72. The molecule has 3 N–H and O–H groups in total. The van der Waals surface area contributed by atoms with Gasteiger partial charge in [0, 0.05) is 23.8 Å². The maximum absolute atomic E-state index is 5.93. The van der Waals surface area contributed by atoms with Gasteiger partial charge in [-0.25, -0.2) is 0 Å². The molecule has 0 saturated heterocycles. The lowest BCUT2D eigenvalue weighted by Gasteiger charge is -2.18. The fraction of sp³-hybridized carbons (Fsp3) is 0.571. The number of anilines is 1. The third kappa shape index (κ3) is 4.84. The van der Waals surface area contributed by atoms with Gasteiger partial charge in [0.1, 0.15) is 0 Å². The molecule has 0 aliphatic heterocycles. The number of hydrogen-bond acceptors (Lipinski definition) is 4. The molecule has 1 aromatic rings. The predicted octanol–water partition coefficient (Wildman–Crippen LogP) is 2.63. The van der Waals surface area contributed by atoms with Crippen LogP contribution in [0.25, 0.3) is 0 Å². The van der Waals surface area contributed by atoms with Crippen molar-refractivity contribution < 1.29 is 9.47 Å². The average molecular weight is 252 g/mol. The third-order valence-electron chi connectivity index (χ3n) is 2.71. The summed E-state index contributed by atoms with van der Waals surface area (Å²) in [5, 5.41) is 3.35. The van der Waals surface area contributed by atoms with Crippen LogP contribution in [0.4, 0.5) is 5.69 Å². The molecule has 4 nitrogen and oxygen atoms in total. The van der Waals surface area contributed by atoms with Crippen molar-refractivity contribution in [3.63, 3.8) is 0 Å². The van der Waals surface area contributed by atoms with Gasteiger partial charge in [-0.05, 0) is 38.8 Å². The van der Waals surface area contributed by atoms with Crippen molar-refractivity contribution in [2.24, 2.45) is 5.73 Å². The Labute approximate surface area is 109 Å². The molecular formula is C14H24N2O2. The van der Waals surface area contributed by atoms with E-state index in [9.17, 15) is 0 Å². The number of benzene rings is 1. The van der Waals surface area contributed by atoms with Gasteiger partial charge in [0.2, 0.25) is 0 Å². The molecule has 0 atom stereocenters. The Bertz CT molecular complexity index is 373. The minimum atomic E-state index is -0.0979. The molecular weight excluding hydrogens is 228 g/mol. The summed E-state index contributed by atoms with van der Waals surface area (Å²) in [5.41, 5.74) is 6.87. The number of methoxy groups -OCH3 is 2. The summed E-state index contributed by atoms with van der Waals surface area (Å²) in [4.78, 5) is 0. The normalized spacial score (nSPS) is 11.2. The first-order valence-electron chi connectivity index (χ1n) is 6.21. The van der Waals surface area contributed by atoms with E-state index in [0.717, 1.165) is 36.6 Å². The lowest BCUT2D eigenvalue weighted by molar-refractivity contribution is 0.355. The van der Waals surface area contributed by atoms with Gasteiger partial charge in [-0.2, -0.15) is 0 Å². The second-order valence-corrected chi connectivity index (χ2v) is 5.09. The molecule has 102 valence electrons. The van der Waals surface area contributed by atoms with E-state index in [4.69, 9.17) is 15.2 Å². The third-order valence-corrected chi connectivity index (χ3v) is 2.71. The van der Waals surface area contributed by atoms with Crippen LogP contribution < -0.4 is 20.5 Å². The Morgan fingerprint density at radius 1 is 1.17 bits per heavy atom. The molecule has 0 aliphatic carbocycles. The zero-order chi connectivity index (χ0) is 13.6. The first-order chi connectivity index (χ1) is 8.46. The molecule has 18 heavy (non-hydrogen) atoms. The molecule has 0 aromatic heterocycles. The Hall–Kier alpha value is -1.42. The number of nitrogens with one attached hydrogen (secondary N) is 1. The van der Waals surface area contributed by atoms with Gasteiger partial charge in [-0.1, -0.05) is 0 Å². The molecule has 0 amide bonds. The summed E-state index contributed by atoms with van der Waals surface area (Å²) in [6.45, 7) is 4.99. The van der Waals surface area contributed by atoms with Crippen molar-refractivity contribution in [1.29, 1.82) is 0 Å². The van der Waals surface area contributed by atoms with Gasteiger partial charge < -0.3 is 20.5 Å². The SMILES string of the molecule is COc1ccc(NCCCC(C)(C)N)cc1OC. The zero-order valence-electron chi connectivity index (χ0n) is 11.7. The topological polar surface area (TPSA) is 56.5 Å². The Morgan fingerprint density at radius 2 is 1.83 bits per heavy atom. The summed E-state index contributed by atoms with van der Waals surface area (Å²) in [7, 11) is 3.27. The molecule has 0 aliphatic rings. The summed E-state index contributed by atoms with van der Waals surface area (Å²) < 4.78 is 10.4. The Balaban J connectivity index is 2.48. The molecule has 4 heteroatoms. The molecule has 0 spiro atoms. The van der Waals surface area contributed by atoms with Crippen molar-refractivity contribution in [3.05, 3.63) is 18.2 Å². The minimum absolute atomic E-state index is 0.0979. The highest BCUT2D eigenvalue weighted by Crippen LogP contribution is 2.29. The van der Waals surface area contributed by atoms with Crippen LogP contribution in [0.2, 0.25) is 0 Å². The van der Waals surface area contributed by atoms with Gasteiger partial charge in [0.25, 0.3) is 0 Å². The number of nitrogens with two attached hydrogens (primary N) is 1. The van der Waals surface area contributed by atoms with Crippen LogP contribution in [-0.2, 0) is 0 Å². The van der Waals surface area contributed by atoms with E-state index in [-0.39, 0.29) is 5.54 Å². The van der Waals surface area contributed by atoms with Crippen LogP contribution in [0.3, 0.4) is 0 Å². The van der Waals surface area contributed by atoms with E-state index in [2.05, 4.69) is 5.32 Å². The van der Waals surface area contributed by atoms with Crippen LogP contribution in [0, 0.1) is 0 Å². The number of ether oxygens (including phenoxy) is 2. The highest BCUT2D eigenvalue weighted by Gasteiger charge is 2.09. The van der Waals surface area contributed by atoms with Gasteiger partial charge >= 0.3 is 0 Å². The average Bonchev–Trinajstić information content (AvgIpc) is 2.33. The van der Waals surface area contributed by atoms with E-state index < -0.39 is 0 Å². The largest absolute Gasteiger partial charge is 0.493 e.